The Morgan fingerprint density at radius 2 is 1.60 bits per heavy atom. The zero-order chi connectivity index (χ0) is 25.0. The van der Waals surface area contributed by atoms with Crippen LogP contribution in [-0.2, 0) is 14.3 Å². The number of aliphatic carboxylic acids is 1. The molecule has 1 atom stereocenters. The smallest absolute Gasteiger partial charge is 0.407 e. The predicted molar refractivity (Wildman–Crippen MR) is 134 cm³/mol. The number of hydrogen-bond donors (Lipinski definition) is 3. The molecule has 0 saturated carbocycles. The number of amides is 2. The number of nitrogens with one attached hydrogen (secondary N) is 2. The highest BCUT2D eigenvalue weighted by molar-refractivity contribution is 5.86. The average molecular weight is 477 g/mol. The Labute approximate surface area is 206 Å². The molecule has 1 aliphatic rings. The summed E-state index contributed by atoms with van der Waals surface area (Å²) in [5, 5.41) is 14.1. The lowest BCUT2D eigenvalue weighted by molar-refractivity contribution is -0.137. The number of carbonyl (C=O) groups excluding carboxylic acids is 2. The third kappa shape index (κ3) is 7.35. The van der Waals surface area contributed by atoms with Crippen molar-refractivity contribution < 1.29 is 24.2 Å². The molecule has 0 spiro atoms. The van der Waals surface area contributed by atoms with E-state index in [1.165, 1.54) is 0 Å². The van der Waals surface area contributed by atoms with Gasteiger partial charge in [0.25, 0.3) is 0 Å². The topological polar surface area (TPSA) is 105 Å². The van der Waals surface area contributed by atoms with Gasteiger partial charge in [-0.1, -0.05) is 61.4 Å². The van der Waals surface area contributed by atoms with Crippen molar-refractivity contribution in [2.45, 2.75) is 57.4 Å². The molecule has 0 bridgehead atoms. The van der Waals surface area contributed by atoms with E-state index in [4.69, 9.17) is 9.84 Å². The Bertz CT molecular complexity index is 1060. The maximum absolute atomic E-state index is 12.6. The van der Waals surface area contributed by atoms with Crippen LogP contribution in [0.2, 0.25) is 0 Å². The van der Waals surface area contributed by atoms with E-state index in [2.05, 4.69) is 46.7 Å². The van der Waals surface area contributed by atoms with Gasteiger partial charge in [-0.15, -0.1) is 11.8 Å². The lowest BCUT2D eigenvalue weighted by Gasteiger charge is -2.18. The van der Waals surface area contributed by atoms with Crippen LogP contribution in [0.4, 0.5) is 4.79 Å². The van der Waals surface area contributed by atoms with Crippen LogP contribution in [0, 0.1) is 11.8 Å². The van der Waals surface area contributed by atoms with Gasteiger partial charge in [-0.3, -0.25) is 9.59 Å². The van der Waals surface area contributed by atoms with Crippen molar-refractivity contribution in [3.63, 3.8) is 0 Å². The highest BCUT2D eigenvalue weighted by Gasteiger charge is 2.29. The van der Waals surface area contributed by atoms with Crippen molar-refractivity contribution in [3.8, 4) is 23.0 Å². The number of carbonyl (C=O) groups is 3. The lowest BCUT2D eigenvalue weighted by Crippen LogP contribution is -2.47. The average Bonchev–Trinajstić information content (AvgIpc) is 3.18. The number of fused-ring (bicyclic) bond motifs is 3. The molecule has 1 aliphatic carbocycles. The number of carboxylic acid groups (broad SMARTS) is 1. The van der Waals surface area contributed by atoms with Crippen LogP contribution in [0.15, 0.2) is 48.5 Å². The second-order valence-corrected chi connectivity index (χ2v) is 8.50. The molecule has 0 fully saturated rings. The van der Waals surface area contributed by atoms with Gasteiger partial charge < -0.3 is 20.5 Å². The lowest BCUT2D eigenvalue weighted by atomic mass is 9.98. The second-order valence-electron chi connectivity index (χ2n) is 8.50. The fraction of sp³-hybridized carbons (Fsp3) is 0.393. The van der Waals surface area contributed by atoms with E-state index < -0.39 is 18.1 Å². The molecule has 2 aromatic carbocycles. The van der Waals surface area contributed by atoms with E-state index in [-0.39, 0.29) is 31.3 Å². The van der Waals surface area contributed by atoms with Crippen molar-refractivity contribution in [2.24, 2.45) is 0 Å². The maximum atomic E-state index is 12.6. The molecule has 35 heavy (non-hydrogen) atoms. The normalized spacial score (nSPS) is 12.5. The molecule has 2 amide bonds. The molecule has 184 valence electrons. The Hall–Kier alpha value is -3.79. The van der Waals surface area contributed by atoms with Crippen LogP contribution in [0.1, 0.15) is 62.5 Å². The number of benzene rings is 2. The first-order valence-electron chi connectivity index (χ1n) is 12.0. The summed E-state index contributed by atoms with van der Waals surface area (Å²) in [6, 6.07) is 15.4. The first-order valence-corrected chi connectivity index (χ1v) is 12.0. The van der Waals surface area contributed by atoms with Gasteiger partial charge in [-0.25, -0.2) is 4.79 Å². The molecule has 0 heterocycles. The van der Waals surface area contributed by atoms with E-state index >= 15 is 0 Å². The van der Waals surface area contributed by atoms with E-state index in [0.29, 0.717) is 13.0 Å². The molecule has 7 nitrogen and oxygen atoms in total. The molecular weight excluding hydrogens is 444 g/mol. The van der Waals surface area contributed by atoms with Gasteiger partial charge in [0.15, 0.2) is 0 Å². The first kappa shape index (κ1) is 25.8. The molecule has 0 radical (unpaired) electrons. The number of carboxylic acids is 1. The third-order valence-electron chi connectivity index (χ3n) is 6.05. The Kier molecular flexibility index (Phi) is 9.73. The third-order valence-corrected chi connectivity index (χ3v) is 6.05. The van der Waals surface area contributed by atoms with Gasteiger partial charge in [0, 0.05) is 25.3 Å². The SMILES string of the molecule is CC#CCC(NC(=O)OCC1c2ccccc2-c2ccccc21)C(=O)NCCCCCCC(=O)O. The van der Waals surface area contributed by atoms with Crippen LogP contribution in [0.5, 0.6) is 0 Å². The minimum atomic E-state index is -0.815. The number of hydrogen-bond acceptors (Lipinski definition) is 4. The van der Waals surface area contributed by atoms with Crippen LogP contribution < -0.4 is 10.6 Å². The number of rotatable bonds is 12. The Balaban J connectivity index is 1.50. The second kappa shape index (κ2) is 13.2. The van der Waals surface area contributed by atoms with E-state index in [1.807, 2.05) is 24.3 Å². The molecule has 3 N–H and O–H groups in total. The van der Waals surface area contributed by atoms with Gasteiger partial charge in [0.1, 0.15) is 12.6 Å². The summed E-state index contributed by atoms with van der Waals surface area (Å²) in [5.41, 5.74) is 4.54. The predicted octanol–water partition coefficient (Wildman–Crippen LogP) is 4.46. The Morgan fingerprint density at radius 3 is 2.23 bits per heavy atom. The summed E-state index contributed by atoms with van der Waals surface area (Å²) in [6.45, 7) is 2.30. The van der Waals surface area contributed by atoms with E-state index in [1.54, 1.807) is 6.92 Å². The molecular formula is C28H32N2O5. The monoisotopic (exact) mass is 476 g/mol. The van der Waals surface area contributed by atoms with Crippen LogP contribution in [0.3, 0.4) is 0 Å². The summed E-state index contributed by atoms with van der Waals surface area (Å²) in [4.78, 5) is 35.8. The minimum absolute atomic E-state index is 0.0583. The molecule has 3 rings (SSSR count). The van der Waals surface area contributed by atoms with Gasteiger partial charge >= 0.3 is 12.1 Å². The number of alkyl carbamates (subject to hydrolysis) is 1. The largest absolute Gasteiger partial charge is 0.481 e. The van der Waals surface area contributed by atoms with Crippen LogP contribution in [-0.4, -0.2) is 42.3 Å². The van der Waals surface area contributed by atoms with Crippen LogP contribution >= 0.6 is 0 Å². The number of unbranched alkanes of at least 4 members (excludes halogenated alkanes) is 3. The van der Waals surface area contributed by atoms with Crippen molar-refractivity contribution in [3.05, 3.63) is 59.7 Å². The van der Waals surface area contributed by atoms with Crippen molar-refractivity contribution in [1.82, 2.24) is 10.6 Å². The van der Waals surface area contributed by atoms with Gasteiger partial charge in [0.05, 0.1) is 0 Å². The van der Waals surface area contributed by atoms with Gasteiger partial charge in [-0.05, 0) is 42.0 Å². The molecule has 2 aromatic rings. The zero-order valence-corrected chi connectivity index (χ0v) is 20.0. The maximum Gasteiger partial charge on any atom is 0.407 e. The molecule has 1 unspecified atom stereocenters. The van der Waals surface area contributed by atoms with E-state index in [9.17, 15) is 14.4 Å². The molecule has 7 heteroatoms. The summed E-state index contributed by atoms with van der Waals surface area (Å²) in [6.07, 6.45) is 2.68. The summed E-state index contributed by atoms with van der Waals surface area (Å²) >= 11 is 0. The highest BCUT2D eigenvalue weighted by atomic mass is 16.5. The van der Waals surface area contributed by atoms with Gasteiger partial charge in [0.2, 0.25) is 5.91 Å². The molecule has 0 aliphatic heterocycles. The highest BCUT2D eigenvalue weighted by Crippen LogP contribution is 2.44. The minimum Gasteiger partial charge on any atom is -0.481 e. The van der Waals surface area contributed by atoms with Gasteiger partial charge in [-0.2, -0.15) is 0 Å². The zero-order valence-electron chi connectivity index (χ0n) is 20.0. The van der Waals surface area contributed by atoms with Crippen LogP contribution in [0.25, 0.3) is 11.1 Å². The van der Waals surface area contributed by atoms with Crippen molar-refractivity contribution in [2.75, 3.05) is 13.2 Å². The molecule has 0 saturated heterocycles. The van der Waals surface area contributed by atoms with Crippen molar-refractivity contribution in [1.29, 1.82) is 0 Å². The van der Waals surface area contributed by atoms with E-state index in [0.717, 1.165) is 41.5 Å². The Morgan fingerprint density at radius 1 is 0.971 bits per heavy atom. The standard InChI is InChI=1S/C28H32N2O5/c1-2-3-16-25(27(33)29-18-11-5-4-6-17-26(31)32)30-28(34)35-19-24-22-14-9-7-12-20(22)21-13-8-10-15-23(21)24/h7-10,12-15,24-25H,4-6,11,16-19H2,1H3,(H,29,33)(H,30,34)(H,31,32). The van der Waals surface area contributed by atoms with Crippen molar-refractivity contribution >= 4 is 18.0 Å². The fourth-order valence-corrected chi connectivity index (χ4v) is 4.29. The summed E-state index contributed by atoms with van der Waals surface area (Å²) < 4.78 is 5.56. The first-order chi connectivity index (χ1) is 17.0. The molecule has 0 aromatic heterocycles. The summed E-state index contributed by atoms with van der Waals surface area (Å²) in [5.74, 6) is 4.44. The quantitative estimate of drug-likeness (QED) is 0.310. The number of ether oxygens (including phenoxy) is 1. The summed E-state index contributed by atoms with van der Waals surface area (Å²) in [7, 11) is 0. The fourth-order valence-electron chi connectivity index (χ4n) is 4.29.